The van der Waals surface area contributed by atoms with Crippen LogP contribution < -0.4 is 0 Å². The van der Waals surface area contributed by atoms with Crippen molar-refractivity contribution in [2.24, 2.45) is 0 Å². The molecule has 17 heavy (non-hydrogen) atoms. The normalized spacial score (nSPS) is 13.0. The van der Waals surface area contributed by atoms with E-state index in [2.05, 4.69) is 0 Å². The average Bonchev–Trinajstić information content (AvgIpc) is 2.27. The second kappa shape index (κ2) is 7.30. The Labute approximate surface area is 104 Å². The fraction of sp³-hybridized carbons (Fsp3) is 0.846. The second-order valence-corrected chi connectivity index (χ2v) is 4.56. The largest absolute Gasteiger partial charge is 0.459 e. The highest BCUT2D eigenvalue weighted by atomic mass is 16.6. The van der Waals surface area contributed by atoms with E-state index >= 15 is 0 Å². The number of hydrogen-bond donors (Lipinski definition) is 0. The van der Waals surface area contributed by atoms with Gasteiger partial charge in [0.25, 0.3) is 0 Å². The second-order valence-electron chi connectivity index (χ2n) is 4.56. The van der Waals surface area contributed by atoms with E-state index in [1.54, 1.807) is 20.8 Å². The highest BCUT2D eigenvalue weighted by Crippen LogP contribution is 2.16. The van der Waals surface area contributed by atoms with Crippen molar-refractivity contribution in [1.29, 1.82) is 0 Å². The molecular weight excluding hydrogens is 220 g/mol. The average molecular weight is 244 g/mol. The van der Waals surface area contributed by atoms with Gasteiger partial charge in [-0.25, -0.2) is 4.79 Å². The van der Waals surface area contributed by atoms with Crippen LogP contribution in [0.25, 0.3) is 0 Å². The Morgan fingerprint density at radius 1 is 1.18 bits per heavy atom. The zero-order chi connectivity index (χ0) is 13.5. The monoisotopic (exact) mass is 244 g/mol. The van der Waals surface area contributed by atoms with Crippen molar-refractivity contribution in [1.82, 2.24) is 0 Å². The molecule has 0 amide bonds. The molecule has 1 atom stereocenters. The summed E-state index contributed by atoms with van der Waals surface area (Å²) in [7, 11) is 0. The molecule has 4 nitrogen and oxygen atoms in total. The lowest BCUT2D eigenvalue weighted by molar-refractivity contribution is -0.182. The fourth-order valence-electron chi connectivity index (χ4n) is 1.36. The van der Waals surface area contributed by atoms with E-state index in [1.807, 2.05) is 13.8 Å². The predicted octanol–water partition coefficient (Wildman–Crippen LogP) is 2.84. The maximum Gasteiger partial charge on any atom is 0.350 e. The molecule has 0 aromatic rings. The first-order valence-corrected chi connectivity index (χ1v) is 6.30. The Balaban J connectivity index is 4.40. The molecule has 0 bridgehead atoms. The van der Waals surface area contributed by atoms with Crippen LogP contribution >= 0.6 is 0 Å². The summed E-state index contributed by atoms with van der Waals surface area (Å²) < 4.78 is 10.4. The van der Waals surface area contributed by atoms with Crippen molar-refractivity contribution in [3.8, 4) is 0 Å². The first-order valence-electron chi connectivity index (χ1n) is 6.30. The van der Waals surface area contributed by atoms with Gasteiger partial charge in [-0.05, 0) is 26.7 Å². The summed E-state index contributed by atoms with van der Waals surface area (Å²) >= 11 is 0. The molecule has 0 spiro atoms. The summed E-state index contributed by atoms with van der Waals surface area (Å²) in [6.45, 7) is 8.82. The van der Waals surface area contributed by atoms with E-state index in [1.165, 1.54) is 0 Å². The van der Waals surface area contributed by atoms with Crippen LogP contribution in [0, 0.1) is 0 Å². The summed E-state index contributed by atoms with van der Waals surface area (Å²) in [6.07, 6.45) is 2.73. The summed E-state index contributed by atoms with van der Waals surface area (Å²) in [5.74, 6) is -0.866. The number of esters is 2. The fourth-order valence-corrected chi connectivity index (χ4v) is 1.36. The minimum atomic E-state index is -1.20. The van der Waals surface area contributed by atoms with Gasteiger partial charge in [-0.2, -0.15) is 0 Å². The standard InChI is InChI=1S/C13H24O4/c1-6-9-10(7-2)16-12(15)13(4,5)17-11(14)8-3/h10H,6-9H2,1-5H3. The van der Waals surface area contributed by atoms with Gasteiger partial charge < -0.3 is 9.47 Å². The van der Waals surface area contributed by atoms with E-state index in [0.717, 1.165) is 19.3 Å². The highest BCUT2D eigenvalue weighted by molar-refractivity contribution is 5.82. The van der Waals surface area contributed by atoms with Gasteiger partial charge in [0.2, 0.25) is 5.60 Å². The number of hydrogen-bond acceptors (Lipinski definition) is 4. The van der Waals surface area contributed by atoms with Crippen molar-refractivity contribution in [2.75, 3.05) is 0 Å². The van der Waals surface area contributed by atoms with Gasteiger partial charge >= 0.3 is 11.9 Å². The molecule has 1 unspecified atom stereocenters. The third kappa shape index (κ3) is 5.71. The third-order valence-corrected chi connectivity index (χ3v) is 2.49. The van der Waals surface area contributed by atoms with Crippen molar-refractivity contribution in [3.63, 3.8) is 0 Å². The predicted molar refractivity (Wildman–Crippen MR) is 65.5 cm³/mol. The zero-order valence-electron chi connectivity index (χ0n) is 11.5. The summed E-state index contributed by atoms with van der Waals surface area (Å²) in [5, 5.41) is 0. The molecule has 0 aliphatic rings. The van der Waals surface area contributed by atoms with Crippen LogP contribution in [0.2, 0.25) is 0 Å². The molecular formula is C13H24O4. The van der Waals surface area contributed by atoms with Crippen LogP contribution in [0.3, 0.4) is 0 Å². The van der Waals surface area contributed by atoms with Gasteiger partial charge in [0.15, 0.2) is 0 Å². The maximum absolute atomic E-state index is 11.9. The van der Waals surface area contributed by atoms with E-state index < -0.39 is 17.5 Å². The third-order valence-electron chi connectivity index (χ3n) is 2.49. The lowest BCUT2D eigenvalue weighted by Gasteiger charge is -2.25. The van der Waals surface area contributed by atoms with Gasteiger partial charge in [0.05, 0.1) is 0 Å². The molecule has 0 fully saturated rings. The molecule has 0 aliphatic carbocycles. The van der Waals surface area contributed by atoms with Crippen molar-refractivity contribution >= 4 is 11.9 Å². The van der Waals surface area contributed by atoms with Gasteiger partial charge in [-0.3, -0.25) is 4.79 Å². The molecule has 0 radical (unpaired) electrons. The minimum Gasteiger partial charge on any atom is -0.459 e. The highest BCUT2D eigenvalue weighted by Gasteiger charge is 2.34. The van der Waals surface area contributed by atoms with Crippen LogP contribution in [-0.4, -0.2) is 23.6 Å². The quantitative estimate of drug-likeness (QED) is 0.646. The van der Waals surface area contributed by atoms with Crippen molar-refractivity contribution in [2.45, 2.75) is 72.0 Å². The van der Waals surface area contributed by atoms with Gasteiger partial charge in [-0.1, -0.05) is 27.2 Å². The van der Waals surface area contributed by atoms with Crippen LogP contribution in [0.5, 0.6) is 0 Å². The summed E-state index contributed by atoms with van der Waals surface area (Å²) in [6, 6.07) is 0. The van der Waals surface area contributed by atoms with Crippen molar-refractivity contribution in [3.05, 3.63) is 0 Å². The lowest BCUT2D eigenvalue weighted by Crippen LogP contribution is -2.40. The molecule has 100 valence electrons. The molecule has 0 aromatic carbocycles. The van der Waals surface area contributed by atoms with Crippen LogP contribution in [0.15, 0.2) is 0 Å². The Morgan fingerprint density at radius 2 is 1.76 bits per heavy atom. The lowest BCUT2D eigenvalue weighted by atomic mass is 10.1. The number of carbonyl (C=O) groups is 2. The van der Waals surface area contributed by atoms with E-state index in [9.17, 15) is 9.59 Å². The molecule has 0 aliphatic heterocycles. The Kier molecular flexibility index (Phi) is 6.85. The van der Waals surface area contributed by atoms with Gasteiger partial charge in [0, 0.05) is 6.42 Å². The molecule has 0 rings (SSSR count). The molecule has 4 heteroatoms. The topological polar surface area (TPSA) is 52.6 Å². The molecule has 0 aromatic heterocycles. The van der Waals surface area contributed by atoms with E-state index in [-0.39, 0.29) is 12.5 Å². The Hall–Kier alpha value is -1.06. The maximum atomic E-state index is 11.9. The first kappa shape index (κ1) is 15.9. The van der Waals surface area contributed by atoms with Gasteiger partial charge in [0.1, 0.15) is 6.10 Å². The smallest absolute Gasteiger partial charge is 0.350 e. The molecule has 0 heterocycles. The SMILES string of the molecule is CCCC(CC)OC(=O)C(C)(C)OC(=O)CC. The van der Waals surface area contributed by atoms with E-state index in [0.29, 0.717) is 0 Å². The van der Waals surface area contributed by atoms with Crippen LogP contribution in [0.1, 0.15) is 60.3 Å². The molecule has 0 saturated carbocycles. The van der Waals surface area contributed by atoms with E-state index in [4.69, 9.17) is 9.47 Å². The number of carbonyl (C=O) groups excluding carboxylic acids is 2. The Bertz CT molecular complexity index is 258. The zero-order valence-corrected chi connectivity index (χ0v) is 11.5. The van der Waals surface area contributed by atoms with Crippen LogP contribution in [0.4, 0.5) is 0 Å². The number of rotatable bonds is 7. The first-order chi connectivity index (χ1) is 7.87. The summed E-state index contributed by atoms with van der Waals surface area (Å²) in [4.78, 5) is 23.0. The van der Waals surface area contributed by atoms with Crippen LogP contribution in [-0.2, 0) is 19.1 Å². The van der Waals surface area contributed by atoms with Gasteiger partial charge in [-0.15, -0.1) is 0 Å². The Morgan fingerprint density at radius 3 is 2.18 bits per heavy atom. The number of ether oxygens (including phenoxy) is 2. The molecule has 0 saturated heterocycles. The molecule has 0 N–H and O–H groups in total. The minimum absolute atomic E-state index is 0.0906. The summed E-state index contributed by atoms with van der Waals surface area (Å²) in [5.41, 5.74) is -1.20. The van der Waals surface area contributed by atoms with Crippen molar-refractivity contribution < 1.29 is 19.1 Å².